The maximum atomic E-state index is 14.3. The summed E-state index contributed by atoms with van der Waals surface area (Å²) in [5.74, 6) is 0. The van der Waals surface area contributed by atoms with Crippen LogP contribution in [0.5, 0.6) is 0 Å². The minimum atomic E-state index is -4.85. The van der Waals surface area contributed by atoms with E-state index in [1.807, 2.05) is 0 Å². The number of nitro groups is 1. The molecule has 0 radical (unpaired) electrons. The number of aromatic nitrogens is 1. The second kappa shape index (κ2) is 5.91. The van der Waals surface area contributed by atoms with Gasteiger partial charge < -0.3 is 4.98 Å². The van der Waals surface area contributed by atoms with E-state index in [9.17, 15) is 23.3 Å². The molecule has 0 spiro atoms. The van der Waals surface area contributed by atoms with Gasteiger partial charge in [-0.15, -0.1) is 0 Å². The molecule has 0 saturated heterocycles. The van der Waals surface area contributed by atoms with Gasteiger partial charge in [-0.2, -0.15) is 13.2 Å². The molecule has 3 aromatic rings. The van der Waals surface area contributed by atoms with Crippen LogP contribution in [0.25, 0.3) is 10.9 Å². The van der Waals surface area contributed by atoms with E-state index in [0.717, 1.165) is 5.56 Å². The summed E-state index contributed by atoms with van der Waals surface area (Å²) in [6.45, 7) is 0.495. The molecule has 2 aromatic carbocycles. The third-order valence-corrected chi connectivity index (χ3v) is 4.50. The lowest BCUT2D eigenvalue weighted by Gasteiger charge is -2.32. The molecule has 1 N–H and O–H groups in total. The van der Waals surface area contributed by atoms with Crippen LogP contribution in [0.3, 0.4) is 0 Å². The van der Waals surface area contributed by atoms with Crippen molar-refractivity contribution in [1.29, 1.82) is 0 Å². The average Bonchev–Trinajstić information content (AvgIpc) is 2.98. The molecule has 0 aliphatic rings. The Morgan fingerprint density at radius 1 is 1.08 bits per heavy atom. The largest absolute Gasteiger partial charge is 0.408 e. The Morgan fingerprint density at radius 2 is 1.76 bits per heavy atom. The number of nitrogens with zero attached hydrogens (tertiary/aromatic N) is 1. The van der Waals surface area contributed by atoms with Gasteiger partial charge in [-0.25, -0.2) is 0 Å². The first-order chi connectivity index (χ1) is 11.8. The van der Waals surface area contributed by atoms with Crippen LogP contribution in [0.1, 0.15) is 16.7 Å². The fourth-order valence-corrected chi connectivity index (χ4v) is 3.31. The van der Waals surface area contributed by atoms with Crippen molar-refractivity contribution in [2.45, 2.75) is 18.5 Å². The Hall–Kier alpha value is -2.83. The van der Waals surface area contributed by atoms with E-state index >= 15 is 0 Å². The van der Waals surface area contributed by atoms with E-state index in [0.29, 0.717) is 10.9 Å². The monoisotopic (exact) mass is 348 g/mol. The summed E-state index contributed by atoms with van der Waals surface area (Å²) < 4.78 is 42.9. The zero-order valence-electron chi connectivity index (χ0n) is 13.3. The number of hydrogen-bond acceptors (Lipinski definition) is 2. The molecule has 0 aliphatic heterocycles. The molecule has 130 valence electrons. The first kappa shape index (κ1) is 17.0. The topological polar surface area (TPSA) is 58.9 Å². The number of fused-ring (bicyclic) bond motifs is 1. The van der Waals surface area contributed by atoms with Crippen LogP contribution in [0.2, 0.25) is 0 Å². The predicted molar refractivity (Wildman–Crippen MR) is 88.2 cm³/mol. The van der Waals surface area contributed by atoms with E-state index in [1.165, 1.54) is 30.5 Å². The molecule has 0 unspecified atom stereocenters. The summed E-state index contributed by atoms with van der Waals surface area (Å²) in [5.41, 5.74) is -1.70. The van der Waals surface area contributed by atoms with E-state index in [-0.39, 0.29) is 11.1 Å². The van der Waals surface area contributed by atoms with Crippen LogP contribution >= 0.6 is 0 Å². The number of halogens is 3. The van der Waals surface area contributed by atoms with E-state index < -0.39 is 23.1 Å². The standard InChI is InChI=1S/C18H15F3N2O2/c1-12-6-5-9-14-15(10-22-16(12)14)17(11-23(24)25,18(19,20)21)13-7-3-2-4-8-13/h2-10,22H,11H2,1H3/t17-/m1/s1. The van der Waals surface area contributed by atoms with Crippen LogP contribution in [-0.4, -0.2) is 22.6 Å². The normalized spacial score (nSPS) is 14.4. The zero-order valence-corrected chi connectivity index (χ0v) is 13.3. The minimum Gasteiger partial charge on any atom is -0.361 e. The smallest absolute Gasteiger partial charge is 0.361 e. The number of para-hydroxylation sites is 1. The molecule has 3 rings (SSSR count). The minimum absolute atomic E-state index is 0.137. The summed E-state index contributed by atoms with van der Waals surface area (Å²) in [6, 6.07) is 12.0. The van der Waals surface area contributed by atoms with E-state index in [2.05, 4.69) is 4.98 Å². The van der Waals surface area contributed by atoms with Crippen LogP contribution < -0.4 is 0 Å². The number of hydrogen-bond donors (Lipinski definition) is 1. The van der Waals surface area contributed by atoms with Crippen LogP contribution in [0.15, 0.2) is 54.7 Å². The molecule has 0 fully saturated rings. The Kier molecular flexibility index (Phi) is 4.02. The molecular formula is C18H15F3N2O2. The first-order valence-corrected chi connectivity index (χ1v) is 7.58. The lowest BCUT2D eigenvalue weighted by Crippen LogP contribution is -2.48. The Labute approximate surface area is 141 Å². The van der Waals surface area contributed by atoms with E-state index in [4.69, 9.17) is 0 Å². The van der Waals surface area contributed by atoms with Crippen molar-refractivity contribution in [2.24, 2.45) is 0 Å². The van der Waals surface area contributed by atoms with Gasteiger partial charge in [0.05, 0.1) is 0 Å². The number of aromatic amines is 1. The van der Waals surface area contributed by atoms with Gasteiger partial charge in [0.15, 0.2) is 5.41 Å². The number of rotatable bonds is 4. The van der Waals surface area contributed by atoms with Gasteiger partial charge in [0.1, 0.15) is 0 Å². The quantitative estimate of drug-likeness (QED) is 0.553. The van der Waals surface area contributed by atoms with Crippen LogP contribution in [-0.2, 0) is 5.41 Å². The van der Waals surface area contributed by atoms with E-state index in [1.54, 1.807) is 31.2 Å². The summed E-state index contributed by atoms with van der Waals surface area (Å²) >= 11 is 0. The van der Waals surface area contributed by atoms with Gasteiger partial charge in [0.2, 0.25) is 6.54 Å². The van der Waals surface area contributed by atoms with Gasteiger partial charge in [-0.05, 0) is 18.1 Å². The van der Waals surface area contributed by atoms with Gasteiger partial charge in [-0.3, -0.25) is 10.1 Å². The van der Waals surface area contributed by atoms with Gasteiger partial charge >= 0.3 is 6.18 Å². The number of H-pyrrole nitrogens is 1. The Morgan fingerprint density at radius 3 is 2.36 bits per heavy atom. The molecule has 1 atom stereocenters. The van der Waals surface area contributed by atoms with Crippen molar-refractivity contribution < 1.29 is 18.1 Å². The molecule has 0 saturated carbocycles. The highest BCUT2D eigenvalue weighted by Crippen LogP contribution is 2.48. The van der Waals surface area contributed by atoms with Crippen molar-refractivity contribution in [3.63, 3.8) is 0 Å². The van der Waals surface area contributed by atoms with Crippen molar-refractivity contribution in [1.82, 2.24) is 4.98 Å². The fraction of sp³-hybridized carbons (Fsp3) is 0.222. The van der Waals surface area contributed by atoms with Crippen LogP contribution in [0.4, 0.5) is 13.2 Å². The van der Waals surface area contributed by atoms with Gasteiger partial charge in [-0.1, -0.05) is 48.5 Å². The number of alkyl halides is 3. The Balaban J connectivity index is 2.41. The first-order valence-electron chi connectivity index (χ1n) is 7.58. The van der Waals surface area contributed by atoms with Gasteiger partial charge in [0, 0.05) is 27.6 Å². The van der Waals surface area contributed by atoms with Crippen molar-refractivity contribution in [2.75, 3.05) is 6.54 Å². The predicted octanol–water partition coefficient (Wildman–Crippen LogP) is 4.60. The zero-order chi connectivity index (χ0) is 18.2. The van der Waals surface area contributed by atoms with Gasteiger partial charge in [0.25, 0.3) is 0 Å². The number of aryl methyl sites for hydroxylation is 1. The summed E-state index contributed by atoms with van der Waals surface area (Å²) in [6.07, 6.45) is -3.61. The Bertz CT molecular complexity index is 919. The summed E-state index contributed by atoms with van der Waals surface area (Å²) in [4.78, 5) is 13.2. The number of nitrogens with one attached hydrogen (secondary N) is 1. The van der Waals surface area contributed by atoms with Crippen molar-refractivity contribution >= 4 is 10.9 Å². The highest BCUT2D eigenvalue weighted by molar-refractivity contribution is 5.87. The lowest BCUT2D eigenvalue weighted by molar-refractivity contribution is -0.498. The molecule has 25 heavy (non-hydrogen) atoms. The fourth-order valence-electron chi connectivity index (χ4n) is 3.31. The third kappa shape index (κ3) is 2.65. The molecule has 7 heteroatoms. The third-order valence-electron chi connectivity index (χ3n) is 4.50. The lowest BCUT2D eigenvalue weighted by atomic mass is 9.73. The molecule has 1 heterocycles. The molecule has 0 amide bonds. The molecular weight excluding hydrogens is 333 g/mol. The molecule has 4 nitrogen and oxygen atoms in total. The highest BCUT2D eigenvalue weighted by Gasteiger charge is 2.61. The average molecular weight is 348 g/mol. The maximum absolute atomic E-state index is 14.3. The summed E-state index contributed by atoms with van der Waals surface area (Å²) in [5, 5.41) is 11.6. The molecule has 0 bridgehead atoms. The van der Waals surface area contributed by atoms with Crippen molar-refractivity contribution in [3.05, 3.63) is 81.5 Å². The maximum Gasteiger partial charge on any atom is 0.408 e. The second-order valence-electron chi connectivity index (χ2n) is 5.96. The summed E-state index contributed by atoms with van der Waals surface area (Å²) in [7, 11) is 0. The molecule has 1 aromatic heterocycles. The van der Waals surface area contributed by atoms with Crippen LogP contribution in [0, 0.1) is 17.0 Å². The van der Waals surface area contributed by atoms with Crippen molar-refractivity contribution in [3.8, 4) is 0 Å². The second-order valence-corrected chi connectivity index (χ2v) is 5.96. The highest BCUT2D eigenvalue weighted by atomic mass is 19.4. The molecule has 0 aliphatic carbocycles. The SMILES string of the molecule is Cc1cccc2c([C@@](C[N+](=O)[O-])(c3ccccc3)C(F)(F)F)c[nH]c12. The number of benzene rings is 2.